The highest BCUT2D eigenvalue weighted by Gasteiger charge is 2.00. The van der Waals surface area contributed by atoms with E-state index >= 15 is 0 Å². The molecule has 0 radical (unpaired) electrons. The number of amides is 1. The number of thiophene rings is 1. The number of aryl methyl sites for hydroxylation is 1. The number of alkyl halides is 1. The predicted molar refractivity (Wildman–Crippen MR) is 61.0 cm³/mol. The van der Waals surface area contributed by atoms with Crippen molar-refractivity contribution in [2.24, 2.45) is 0 Å². The highest BCUT2D eigenvalue weighted by molar-refractivity contribution is 7.09. The van der Waals surface area contributed by atoms with Crippen LogP contribution in [0.5, 0.6) is 0 Å². The molecule has 0 atom stereocenters. The second-order valence-corrected chi connectivity index (χ2v) is 4.38. The fourth-order valence-electron chi connectivity index (χ4n) is 1.15. The van der Waals surface area contributed by atoms with Gasteiger partial charge in [0.1, 0.15) is 0 Å². The molecule has 1 heterocycles. The molecular weight excluding hydrogens is 218 g/mol. The highest BCUT2D eigenvalue weighted by atomic mass is 35.5. The lowest BCUT2D eigenvalue weighted by Gasteiger charge is -2.01. The molecular formula is C10H14ClNOS. The Balaban J connectivity index is 2.06. The summed E-state index contributed by atoms with van der Waals surface area (Å²) in [7, 11) is 0. The Morgan fingerprint density at radius 3 is 3.07 bits per heavy atom. The number of rotatable bonds is 6. The van der Waals surface area contributed by atoms with Crippen molar-refractivity contribution in [2.45, 2.75) is 19.3 Å². The normalized spacial score (nSPS) is 10.1. The summed E-state index contributed by atoms with van der Waals surface area (Å²) < 4.78 is 0. The minimum atomic E-state index is 0.0993. The van der Waals surface area contributed by atoms with Gasteiger partial charge in [0.15, 0.2) is 0 Å². The number of carbonyl (C=O) groups excluding carboxylic acids is 1. The third-order valence-electron chi connectivity index (χ3n) is 1.82. The van der Waals surface area contributed by atoms with E-state index in [0.29, 0.717) is 18.8 Å². The van der Waals surface area contributed by atoms with Gasteiger partial charge in [-0.15, -0.1) is 22.9 Å². The van der Waals surface area contributed by atoms with E-state index in [9.17, 15) is 4.79 Å². The number of hydrogen-bond donors (Lipinski definition) is 1. The van der Waals surface area contributed by atoms with Gasteiger partial charge >= 0.3 is 0 Å². The van der Waals surface area contributed by atoms with E-state index in [1.54, 1.807) is 11.3 Å². The number of nitrogens with one attached hydrogen (secondary N) is 1. The van der Waals surface area contributed by atoms with E-state index in [1.807, 2.05) is 6.07 Å². The van der Waals surface area contributed by atoms with Crippen LogP contribution in [0.4, 0.5) is 0 Å². The third-order valence-corrected chi connectivity index (χ3v) is 2.95. The first-order valence-electron chi connectivity index (χ1n) is 4.68. The molecule has 1 rings (SSSR count). The minimum absolute atomic E-state index is 0.0993. The molecule has 1 amide bonds. The first-order chi connectivity index (χ1) is 6.83. The SMILES string of the molecule is O=C(CCCc1cccs1)NCCCl. The van der Waals surface area contributed by atoms with Crippen molar-refractivity contribution in [1.29, 1.82) is 0 Å². The van der Waals surface area contributed by atoms with Crippen LogP contribution in [0.25, 0.3) is 0 Å². The minimum Gasteiger partial charge on any atom is -0.355 e. The smallest absolute Gasteiger partial charge is 0.220 e. The lowest BCUT2D eigenvalue weighted by Crippen LogP contribution is -2.24. The van der Waals surface area contributed by atoms with Crippen molar-refractivity contribution >= 4 is 28.8 Å². The van der Waals surface area contributed by atoms with Gasteiger partial charge in [-0.25, -0.2) is 0 Å². The highest BCUT2D eigenvalue weighted by Crippen LogP contribution is 2.11. The van der Waals surface area contributed by atoms with E-state index in [4.69, 9.17) is 11.6 Å². The fraction of sp³-hybridized carbons (Fsp3) is 0.500. The molecule has 78 valence electrons. The summed E-state index contributed by atoms with van der Waals surface area (Å²) in [6.45, 7) is 0.569. The van der Waals surface area contributed by atoms with Gasteiger partial charge in [0.05, 0.1) is 0 Å². The average Bonchev–Trinajstić information content (AvgIpc) is 2.67. The van der Waals surface area contributed by atoms with Crippen molar-refractivity contribution in [1.82, 2.24) is 5.32 Å². The van der Waals surface area contributed by atoms with Crippen molar-refractivity contribution in [3.63, 3.8) is 0 Å². The molecule has 1 aromatic heterocycles. The van der Waals surface area contributed by atoms with Crippen molar-refractivity contribution in [3.8, 4) is 0 Å². The number of halogens is 1. The fourth-order valence-corrected chi connectivity index (χ4v) is 2.00. The summed E-state index contributed by atoms with van der Waals surface area (Å²) in [5, 5.41) is 4.80. The molecule has 0 aliphatic rings. The monoisotopic (exact) mass is 231 g/mol. The lowest BCUT2D eigenvalue weighted by atomic mass is 10.2. The van der Waals surface area contributed by atoms with Gasteiger partial charge in [-0.2, -0.15) is 0 Å². The topological polar surface area (TPSA) is 29.1 Å². The summed E-state index contributed by atoms with van der Waals surface area (Å²) in [6.07, 6.45) is 2.50. The van der Waals surface area contributed by atoms with Gasteiger partial charge in [-0.3, -0.25) is 4.79 Å². The van der Waals surface area contributed by atoms with Crippen LogP contribution < -0.4 is 5.32 Å². The molecule has 0 spiro atoms. The van der Waals surface area contributed by atoms with Crippen LogP contribution in [0.2, 0.25) is 0 Å². The molecule has 0 aromatic carbocycles. The van der Waals surface area contributed by atoms with Gasteiger partial charge in [-0.1, -0.05) is 6.07 Å². The van der Waals surface area contributed by atoms with E-state index in [0.717, 1.165) is 12.8 Å². The Morgan fingerprint density at radius 2 is 2.43 bits per heavy atom. The summed E-state index contributed by atoms with van der Waals surface area (Å²) in [6, 6.07) is 4.13. The van der Waals surface area contributed by atoms with Crippen molar-refractivity contribution < 1.29 is 4.79 Å². The molecule has 0 fully saturated rings. The molecule has 14 heavy (non-hydrogen) atoms. The zero-order valence-corrected chi connectivity index (χ0v) is 9.53. The van der Waals surface area contributed by atoms with Crippen LogP contribution in [0.3, 0.4) is 0 Å². The lowest BCUT2D eigenvalue weighted by molar-refractivity contribution is -0.121. The number of carbonyl (C=O) groups is 1. The summed E-state index contributed by atoms with van der Waals surface area (Å²) in [5.74, 6) is 0.582. The Bertz CT molecular complexity index is 261. The first-order valence-corrected chi connectivity index (χ1v) is 6.09. The first kappa shape index (κ1) is 11.5. The molecule has 0 aliphatic heterocycles. The molecule has 0 aliphatic carbocycles. The second-order valence-electron chi connectivity index (χ2n) is 2.97. The van der Waals surface area contributed by atoms with Crippen LogP contribution in [-0.2, 0) is 11.2 Å². The molecule has 0 bridgehead atoms. The Kier molecular flexibility index (Phi) is 5.64. The average molecular weight is 232 g/mol. The standard InChI is InChI=1S/C10H14ClNOS/c11-6-7-12-10(13)5-1-3-9-4-2-8-14-9/h2,4,8H,1,3,5-7H2,(H,12,13). The summed E-state index contributed by atoms with van der Waals surface area (Å²) in [5.41, 5.74) is 0. The van der Waals surface area contributed by atoms with Crippen LogP contribution >= 0.6 is 22.9 Å². The molecule has 1 N–H and O–H groups in total. The molecule has 1 aromatic rings. The predicted octanol–water partition coefficient (Wildman–Crippen LogP) is 2.43. The molecule has 2 nitrogen and oxygen atoms in total. The molecule has 0 unspecified atom stereocenters. The van der Waals surface area contributed by atoms with Crippen LogP contribution in [0.15, 0.2) is 17.5 Å². The van der Waals surface area contributed by atoms with E-state index in [-0.39, 0.29) is 5.91 Å². The zero-order valence-electron chi connectivity index (χ0n) is 7.96. The maximum atomic E-state index is 11.2. The Labute approximate surface area is 93.3 Å². The van der Waals surface area contributed by atoms with Gasteiger partial charge in [0.25, 0.3) is 0 Å². The van der Waals surface area contributed by atoms with Crippen molar-refractivity contribution in [2.75, 3.05) is 12.4 Å². The van der Waals surface area contributed by atoms with Crippen molar-refractivity contribution in [3.05, 3.63) is 22.4 Å². The van der Waals surface area contributed by atoms with E-state index < -0.39 is 0 Å². The Morgan fingerprint density at radius 1 is 1.57 bits per heavy atom. The second kappa shape index (κ2) is 6.85. The quantitative estimate of drug-likeness (QED) is 0.749. The van der Waals surface area contributed by atoms with E-state index in [2.05, 4.69) is 16.8 Å². The molecule has 0 saturated heterocycles. The molecule has 0 saturated carbocycles. The van der Waals surface area contributed by atoms with Crippen LogP contribution in [0.1, 0.15) is 17.7 Å². The number of hydrogen-bond acceptors (Lipinski definition) is 2. The van der Waals surface area contributed by atoms with Crippen LogP contribution in [-0.4, -0.2) is 18.3 Å². The van der Waals surface area contributed by atoms with Gasteiger partial charge < -0.3 is 5.32 Å². The summed E-state index contributed by atoms with van der Waals surface area (Å²) >= 11 is 7.19. The summed E-state index contributed by atoms with van der Waals surface area (Å²) in [4.78, 5) is 12.5. The largest absolute Gasteiger partial charge is 0.355 e. The maximum absolute atomic E-state index is 11.2. The Hall–Kier alpha value is -0.540. The van der Waals surface area contributed by atoms with Gasteiger partial charge in [-0.05, 0) is 24.3 Å². The van der Waals surface area contributed by atoms with E-state index in [1.165, 1.54) is 4.88 Å². The van der Waals surface area contributed by atoms with Gasteiger partial charge in [0.2, 0.25) is 5.91 Å². The maximum Gasteiger partial charge on any atom is 0.220 e. The van der Waals surface area contributed by atoms with Gasteiger partial charge in [0, 0.05) is 23.7 Å². The van der Waals surface area contributed by atoms with Crippen LogP contribution in [0, 0.1) is 0 Å². The third kappa shape index (κ3) is 4.63. The zero-order chi connectivity index (χ0) is 10.2. The molecule has 4 heteroatoms.